The average Bonchev–Trinajstić information content (AvgIpc) is 2.70. The number of aliphatic carboxylic acids is 1. The van der Waals surface area contributed by atoms with E-state index in [0.717, 1.165) is 35.4 Å². The predicted octanol–water partition coefficient (Wildman–Crippen LogP) is 3.48. The van der Waals surface area contributed by atoms with E-state index in [0.29, 0.717) is 25.3 Å². The molecule has 5 heteroatoms. The summed E-state index contributed by atoms with van der Waals surface area (Å²) in [6.07, 6.45) is 2.55. The van der Waals surface area contributed by atoms with E-state index in [-0.39, 0.29) is 0 Å². The van der Waals surface area contributed by atoms with Crippen LogP contribution in [0.2, 0.25) is 0 Å². The second-order valence-corrected chi connectivity index (χ2v) is 6.55. The number of aryl methyl sites for hydroxylation is 1. The first kappa shape index (κ1) is 18.9. The normalized spacial score (nSPS) is 15.3. The van der Waals surface area contributed by atoms with Crippen LogP contribution in [0.25, 0.3) is 0 Å². The molecule has 1 aliphatic heterocycles. The standard InChI is InChI=1S/C22H24N2O3/c1-17-8-5-6-12-20(17)21(18-9-3-2-4-10-18)23-27-15-14-24-13-7-11-19(16-24)22(25)26/h2-6,8-12H,7,13-16H2,1H3,(H,25,26)/b23-21+. The summed E-state index contributed by atoms with van der Waals surface area (Å²) in [5.74, 6) is -0.843. The molecule has 0 saturated heterocycles. The van der Waals surface area contributed by atoms with E-state index in [1.165, 1.54) is 0 Å². The van der Waals surface area contributed by atoms with Crippen molar-refractivity contribution in [3.63, 3.8) is 0 Å². The third-order valence-electron chi connectivity index (χ3n) is 4.61. The Kier molecular flexibility index (Phi) is 6.39. The van der Waals surface area contributed by atoms with E-state index in [1.54, 1.807) is 6.08 Å². The summed E-state index contributed by atoms with van der Waals surface area (Å²) in [5, 5.41) is 13.6. The van der Waals surface area contributed by atoms with Crippen LogP contribution in [-0.2, 0) is 9.63 Å². The van der Waals surface area contributed by atoms with Gasteiger partial charge < -0.3 is 9.94 Å². The number of nitrogens with zero attached hydrogens (tertiary/aromatic N) is 2. The van der Waals surface area contributed by atoms with E-state index in [1.807, 2.05) is 48.5 Å². The summed E-state index contributed by atoms with van der Waals surface area (Å²) in [6, 6.07) is 18.1. The van der Waals surface area contributed by atoms with Crippen LogP contribution in [0.5, 0.6) is 0 Å². The highest BCUT2D eigenvalue weighted by molar-refractivity contribution is 6.13. The van der Waals surface area contributed by atoms with Crippen molar-refractivity contribution < 1.29 is 14.7 Å². The van der Waals surface area contributed by atoms with Gasteiger partial charge in [0.25, 0.3) is 0 Å². The topological polar surface area (TPSA) is 62.1 Å². The quantitative estimate of drug-likeness (QED) is 0.464. The second kappa shape index (κ2) is 9.14. The number of carbonyl (C=O) groups is 1. The van der Waals surface area contributed by atoms with Gasteiger partial charge in [0, 0.05) is 36.3 Å². The number of carboxylic acid groups (broad SMARTS) is 1. The molecule has 0 atom stereocenters. The molecule has 0 bridgehead atoms. The van der Waals surface area contributed by atoms with Crippen LogP contribution in [0.1, 0.15) is 23.1 Å². The Morgan fingerprint density at radius 2 is 1.89 bits per heavy atom. The Labute approximate surface area is 159 Å². The molecule has 0 aliphatic carbocycles. The van der Waals surface area contributed by atoms with Crippen LogP contribution < -0.4 is 0 Å². The van der Waals surface area contributed by atoms with Crippen molar-refractivity contribution in [3.8, 4) is 0 Å². The fourth-order valence-corrected chi connectivity index (χ4v) is 3.12. The van der Waals surface area contributed by atoms with Gasteiger partial charge in [0.05, 0.1) is 0 Å². The number of benzene rings is 2. The van der Waals surface area contributed by atoms with Crippen LogP contribution in [0, 0.1) is 6.92 Å². The first-order valence-corrected chi connectivity index (χ1v) is 9.11. The van der Waals surface area contributed by atoms with Gasteiger partial charge in [-0.2, -0.15) is 0 Å². The largest absolute Gasteiger partial charge is 0.478 e. The van der Waals surface area contributed by atoms with Gasteiger partial charge in [-0.3, -0.25) is 4.90 Å². The molecule has 0 fully saturated rings. The van der Waals surface area contributed by atoms with Gasteiger partial charge in [-0.05, 0) is 18.9 Å². The Balaban J connectivity index is 1.67. The third-order valence-corrected chi connectivity index (χ3v) is 4.61. The molecule has 2 aromatic rings. The monoisotopic (exact) mass is 364 g/mol. The molecule has 1 heterocycles. The summed E-state index contributed by atoms with van der Waals surface area (Å²) < 4.78 is 0. The molecule has 0 spiro atoms. The maximum Gasteiger partial charge on any atom is 0.332 e. The number of hydrogen-bond acceptors (Lipinski definition) is 4. The van der Waals surface area contributed by atoms with E-state index in [2.05, 4.69) is 23.0 Å². The molecule has 27 heavy (non-hydrogen) atoms. The minimum Gasteiger partial charge on any atom is -0.478 e. The molecule has 0 aromatic heterocycles. The predicted molar refractivity (Wildman–Crippen MR) is 106 cm³/mol. The van der Waals surface area contributed by atoms with Gasteiger partial charge in [-0.25, -0.2) is 4.79 Å². The number of oxime groups is 1. The molecule has 140 valence electrons. The fraction of sp³-hybridized carbons (Fsp3) is 0.273. The lowest BCUT2D eigenvalue weighted by Gasteiger charge is -2.24. The van der Waals surface area contributed by atoms with Crippen molar-refractivity contribution >= 4 is 11.7 Å². The molecular formula is C22H24N2O3. The molecule has 2 aromatic carbocycles. The first-order chi connectivity index (χ1) is 13.1. The van der Waals surface area contributed by atoms with E-state index >= 15 is 0 Å². The third kappa shape index (κ3) is 5.05. The lowest BCUT2D eigenvalue weighted by molar-refractivity contribution is -0.133. The van der Waals surface area contributed by atoms with Crippen molar-refractivity contribution in [2.24, 2.45) is 5.16 Å². The minimum atomic E-state index is -0.843. The van der Waals surface area contributed by atoms with Crippen molar-refractivity contribution in [1.29, 1.82) is 0 Å². The molecule has 3 rings (SSSR count). The first-order valence-electron chi connectivity index (χ1n) is 9.11. The van der Waals surface area contributed by atoms with E-state index in [9.17, 15) is 4.79 Å². The zero-order valence-electron chi connectivity index (χ0n) is 15.5. The SMILES string of the molecule is Cc1ccccc1/C(=N/OCCN1CCC=C(C(=O)O)C1)c1ccccc1. The zero-order chi connectivity index (χ0) is 19.1. The highest BCUT2D eigenvalue weighted by Gasteiger charge is 2.17. The summed E-state index contributed by atoms with van der Waals surface area (Å²) >= 11 is 0. The van der Waals surface area contributed by atoms with Gasteiger partial charge >= 0.3 is 5.97 Å². The van der Waals surface area contributed by atoms with Crippen molar-refractivity contribution in [1.82, 2.24) is 4.90 Å². The van der Waals surface area contributed by atoms with Crippen molar-refractivity contribution in [2.45, 2.75) is 13.3 Å². The van der Waals surface area contributed by atoms with Crippen LogP contribution in [-0.4, -0.2) is 47.9 Å². The molecule has 0 unspecified atom stereocenters. The zero-order valence-corrected chi connectivity index (χ0v) is 15.5. The van der Waals surface area contributed by atoms with Gasteiger partial charge in [-0.15, -0.1) is 0 Å². The molecule has 5 nitrogen and oxygen atoms in total. The highest BCUT2D eigenvalue weighted by atomic mass is 16.6. The molecular weight excluding hydrogens is 340 g/mol. The molecule has 0 radical (unpaired) electrons. The summed E-state index contributed by atoms with van der Waals surface area (Å²) in [7, 11) is 0. The van der Waals surface area contributed by atoms with E-state index < -0.39 is 5.97 Å². The number of rotatable bonds is 7. The molecule has 1 aliphatic rings. The Morgan fingerprint density at radius 1 is 1.15 bits per heavy atom. The van der Waals surface area contributed by atoms with Gasteiger partial charge in [0.15, 0.2) is 0 Å². The molecule has 1 N–H and O–H groups in total. The van der Waals surface area contributed by atoms with Crippen molar-refractivity contribution in [3.05, 3.63) is 82.9 Å². The Morgan fingerprint density at radius 3 is 2.63 bits per heavy atom. The average molecular weight is 364 g/mol. The number of hydrogen-bond donors (Lipinski definition) is 1. The maximum atomic E-state index is 11.1. The fourth-order valence-electron chi connectivity index (χ4n) is 3.12. The van der Waals surface area contributed by atoms with Crippen LogP contribution >= 0.6 is 0 Å². The Bertz CT molecular complexity index is 844. The lowest BCUT2D eigenvalue weighted by atomic mass is 9.98. The van der Waals surface area contributed by atoms with E-state index in [4.69, 9.17) is 9.94 Å². The van der Waals surface area contributed by atoms with Gasteiger partial charge in [-0.1, -0.05) is 65.8 Å². The minimum absolute atomic E-state index is 0.412. The van der Waals surface area contributed by atoms with Gasteiger partial charge in [0.2, 0.25) is 0 Å². The molecule has 0 amide bonds. The molecule has 0 saturated carbocycles. The maximum absolute atomic E-state index is 11.1. The highest BCUT2D eigenvalue weighted by Crippen LogP contribution is 2.15. The Hall–Kier alpha value is -2.92. The summed E-state index contributed by atoms with van der Waals surface area (Å²) in [4.78, 5) is 18.8. The summed E-state index contributed by atoms with van der Waals surface area (Å²) in [6.45, 7) is 4.40. The summed E-state index contributed by atoms with van der Waals surface area (Å²) in [5.41, 5.74) is 4.43. The smallest absolute Gasteiger partial charge is 0.332 e. The van der Waals surface area contributed by atoms with Crippen LogP contribution in [0.4, 0.5) is 0 Å². The van der Waals surface area contributed by atoms with Crippen LogP contribution in [0.15, 0.2) is 71.4 Å². The van der Waals surface area contributed by atoms with Gasteiger partial charge in [0.1, 0.15) is 12.3 Å². The lowest BCUT2D eigenvalue weighted by Crippen LogP contribution is -2.34. The second-order valence-electron chi connectivity index (χ2n) is 6.55. The number of carboxylic acids is 1. The van der Waals surface area contributed by atoms with Crippen LogP contribution in [0.3, 0.4) is 0 Å². The van der Waals surface area contributed by atoms with Crippen molar-refractivity contribution in [2.75, 3.05) is 26.2 Å².